The van der Waals surface area contributed by atoms with E-state index in [-0.39, 0.29) is 0 Å². The van der Waals surface area contributed by atoms with Gasteiger partial charge < -0.3 is 10.1 Å². The Hall–Kier alpha value is -1.09. The number of pyridine rings is 1. The SMILES string of the molecule is CCCC(C)COc1nc(C)cc(C)c1CNCC(C)C. The molecule has 0 aliphatic rings. The molecule has 0 saturated carbocycles. The van der Waals surface area contributed by atoms with Gasteiger partial charge in [-0.3, -0.25) is 0 Å². The molecule has 0 aliphatic heterocycles. The van der Waals surface area contributed by atoms with Crippen molar-refractivity contribution in [1.82, 2.24) is 10.3 Å². The van der Waals surface area contributed by atoms with Crippen molar-refractivity contribution in [1.29, 1.82) is 0 Å². The summed E-state index contributed by atoms with van der Waals surface area (Å²) in [6.45, 7) is 15.7. The summed E-state index contributed by atoms with van der Waals surface area (Å²) >= 11 is 0. The van der Waals surface area contributed by atoms with Crippen molar-refractivity contribution in [2.45, 2.75) is 60.9 Å². The number of rotatable bonds is 9. The van der Waals surface area contributed by atoms with Crippen molar-refractivity contribution in [3.8, 4) is 5.88 Å². The van der Waals surface area contributed by atoms with Gasteiger partial charge in [-0.05, 0) is 50.3 Å². The van der Waals surface area contributed by atoms with E-state index in [2.05, 4.69) is 51.0 Å². The summed E-state index contributed by atoms with van der Waals surface area (Å²) in [5.74, 6) is 2.04. The highest BCUT2D eigenvalue weighted by Gasteiger charge is 2.12. The van der Waals surface area contributed by atoms with E-state index in [1.165, 1.54) is 24.0 Å². The number of ether oxygens (including phenoxy) is 1. The van der Waals surface area contributed by atoms with Gasteiger partial charge in [-0.2, -0.15) is 0 Å². The molecular formula is C18H32N2O. The van der Waals surface area contributed by atoms with Crippen LogP contribution in [0.2, 0.25) is 0 Å². The van der Waals surface area contributed by atoms with Crippen LogP contribution in [0.1, 0.15) is 57.4 Å². The Bertz CT molecular complexity index is 429. The number of hydrogen-bond acceptors (Lipinski definition) is 3. The smallest absolute Gasteiger partial charge is 0.218 e. The first-order valence-electron chi connectivity index (χ1n) is 8.24. The predicted octanol–water partition coefficient (Wildman–Crippen LogP) is 4.26. The fraction of sp³-hybridized carbons (Fsp3) is 0.722. The molecular weight excluding hydrogens is 260 g/mol. The number of hydrogen-bond donors (Lipinski definition) is 1. The lowest BCUT2D eigenvalue weighted by Crippen LogP contribution is -2.21. The molecule has 0 fully saturated rings. The van der Waals surface area contributed by atoms with Crippen molar-refractivity contribution in [2.24, 2.45) is 11.8 Å². The van der Waals surface area contributed by atoms with E-state index >= 15 is 0 Å². The quantitative estimate of drug-likeness (QED) is 0.738. The van der Waals surface area contributed by atoms with Gasteiger partial charge in [0.15, 0.2) is 0 Å². The molecule has 0 aromatic carbocycles. The lowest BCUT2D eigenvalue weighted by atomic mass is 10.1. The van der Waals surface area contributed by atoms with Crippen molar-refractivity contribution < 1.29 is 4.74 Å². The van der Waals surface area contributed by atoms with Gasteiger partial charge in [0, 0.05) is 17.8 Å². The maximum absolute atomic E-state index is 6.02. The van der Waals surface area contributed by atoms with Gasteiger partial charge in [-0.25, -0.2) is 4.98 Å². The molecule has 0 spiro atoms. The Labute approximate surface area is 130 Å². The molecule has 1 unspecified atom stereocenters. The molecule has 0 bridgehead atoms. The van der Waals surface area contributed by atoms with Crippen LogP contribution < -0.4 is 10.1 Å². The summed E-state index contributed by atoms with van der Waals surface area (Å²) in [6, 6.07) is 2.13. The molecule has 1 aromatic heterocycles. The van der Waals surface area contributed by atoms with E-state index in [1.807, 2.05) is 6.92 Å². The summed E-state index contributed by atoms with van der Waals surface area (Å²) in [5, 5.41) is 3.49. The second kappa shape index (κ2) is 9.04. The van der Waals surface area contributed by atoms with Gasteiger partial charge in [0.2, 0.25) is 5.88 Å². The van der Waals surface area contributed by atoms with Gasteiger partial charge in [-0.15, -0.1) is 0 Å². The second-order valence-electron chi connectivity index (χ2n) is 6.59. The van der Waals surface area contributed by atoms with Gasteiger partial charge in [0.05, 0.1) is 6.61 Å². The zero-order chi connectivity index (χ0) is 15.8. The summed E-state index contributed by atoms with van der Waals surface area (Å²) in [6.07, 6.45) is 2.40. The third-order valence-electron chi connectivity index (χ3n) is 3.58. The Balaban J connectivity index is 2.75. The molecule has 3 nitrogen and oxygen atoms in total. The highest BCUT2D eigenvalue weighted by atomic mass is 16.5. The topological polar surface area (TPSA) is 34.1 Å². The number of nitrogens with zero attached hydrogens (tertiary/aromatic N) is 1. The monoisotopic (exact) mass is 292 g/mol. The maximum atomic E-state index is 6.02. The average Bonchev–Trinajstić information content (AvgIpc) is 2.39. The molecule has 1 aromatic rings. The van der Waals surface area contributed by atoms with Gasteiger partial charge >= 0.3 is 0 Å². The molecule has 1 atom stereocenters. The molecule has 120 valence electrons. The number of aromatic nitrogens is 1. The summed E-state index contributed by atoms with van der Waals surface area (Å²) in [5.41, 5.74) is 3.49. The molecule has 21 heavy (non-hydrogen) atoms. The minimum Gasteiger partial charge on any atom is -0.477 e. The van der Waals surface area contributed by atoms with E-state index in [1.54, 1.807) is 0 Å². The molecule has 1 heterocycles. The molecule has 0 radical (unpaired) electrons. The highest BCUT2D eigenvalue weighted by Crippen LogP contribution is 2.22. The lowest BCUT2D eigenvalue weighted by Gasteiger charge is -2.17. The van der Waals surface area contributed by atoms with Gasteiger partial charge in [0.25, 0.3) is 0 Å². The van der Waals surface area contributed by atoms with E-state index < -0.39 is 0 Å². The molecule has 0 aliphatic carbocycles. The van der Waals surface area contributed by atoms with Crippen LogP contribution in [0.4, 0.5) is 0 Å². The normalized spacial score (nSPS) is 12.7. The molecule has 0 amide bonds. The molecule has 1 rings (SSSR count). The van der Waals surface area contributed by atoms with E-state index in [4.69, 9.17) is 4.74 Å². The number of nitrogens with one attached hydrogen (secondary N) is 1. The summed E-state index contributed by atoms with van der Waals surface area (Å²) < 4.78 is 6.02. The van der Waals surface area contributed by atoms with Crippen LogP contribution in [0.25, 0.3) is 0 Å². The van der Waals surface area contributed by atoms with Crippen LogP contribution in [-0.4, -0.2) is 18.1 Å². The largest absolute Gasteiger partial charge is 0.477 e. The van der Waals surface area contributed by atoms with E-state index in [9.17, 15) is 0 Å². The zero-order valence-corrected chi connectivity index (χ0v) is 14.6. The standard InChI is InChI=1S/C18H32N2O/c1-7-8-14(4)12-21-18-17(11-19-10-13(2)3)15(5)9-16(6)20-18/h9,13-14,19H,7-8,10-12H2,1-6H3. The molecule has 1 N–H and O–H groups in total. The fourth-order valence-electron chi connectivity index (χ4n) is 2.45. The van der Waals surface area contributed by atoms with Gasteiger partial charge in [0.1, 0.15) is 0 Å². The van der Waals surface area contributed by atoms with Crippen molar-refractivity contribution in [3.63, 3.8) is 0 Å². The van der Waals surface area contributed by atoms with E-state index in [0.29, 0.717) is 11.8 Å². The van der Waals surface area contributed by atoms with Gasteiger partial charge in [-0.1, -0.05) is 34.1 Å². The Morgan fingerprint density at radius 2 is 1.95 bits per heavy atom. The van der Waals surface area contributed by atoms with Crippen LogP contribution >= 0.6 is 0 Å². The third-order valence-corrected chi connectivity index (χ3v) is 3.58. The van der Waals surface area contributed by atoms with Crippen molar-refractivity contribution in [3.05, 3.63) is 22.9 Å². The average molecular weight is 292 g/mol. The van der Waals surface area contributed by atoms with Crippen molar-refractivity contribution in [2.75, 3.05) is 13.2 Å². The van der Waals surface area contributed by atoms with Crippen LogP contribution in [0.15, 0.2) is 6.07 Å². The molecule has 0 saturated heterocycles. The van der Waals surface area contributed by atoms with Crippen LogP contribution in [0.5, 0.6) is 5.88 Å². The molecule has 3 heteroatoms. The number of aryl methyl sites for hydroxylation is 2. The van der Waals surface area contributed by atoms with Crippen LogP contribution in [-0.2, 0) is 6.54 Å². The Morgan fingerprint density at radius 1 is 1.24 bits per heavy atom. The van der Waals surface area contributed by atoms with E-state index in [0.717, 1.165) is 31.3 Å². The first-order chi connectivity index (χ1) is 9.93. The maximum Gasteiger partial charge on any atom is 0.218 e. The van der Waals surface area contributed by atoms with Crippen LogP contribution in [0.3, 0.4) is 0 Å². The summed E-state index contributed by atoms with van der Waals surface area (Å²) in [7, 11) is 0. The highest BCUT2D eigenvalue weighted by molar-refractivity contribution is 5.35. The predicted molar refractivity (Wildman–Crippen MR) is 89.8 cm³/mol. The van der Waals surface area contributed by atoms with Crippen molar-refractivity contribution >= 4 is 0 Å². The minimum atomic E-state index is 0.578. The van der Waals surface area contributed by atoms with Crippen LogP contribution in [0, 0.1) is 25.7 Å². The summed E-state index contributed by atoms with van der Waals surface area (Å²) in [4.78, 5) is 4.60. The third kappa shape index (κ3) is 6.47. The Kier molecular flexibility index (Phi) is 7.73. The first-order valence-corrected chi connectivity index (χ1v) is 8.24. The zero-order valence-electron chi connectivity index (χ0n) is 14.6. The lowest BCUT2D eigenvalue weighted by molar-refractivity contribution is 0.239. The second-order valence-corrected chi connectivity index (χ2v) is 6.59. The fourth-order valence-corrected chi connectivity index (χ4v) is 2.45. The first kappa shape index (κ1) is 18.0. The Morgan fingerprint density at radius 3 is 2.57 bits per heavy atom. The minimum absolute atomic E-state index is 0.578.